The Hall–Kier alpha value is -0.0600. The molecule has 4 heteroatoms. The topological polar surface area (TPSA) is 24.9 Å². The van der Waals surface area contributed by atoms with Gasteiger partial charge < -0.3 is 5.32 Å². The summed E-state index contributed by atoms with van der Waals surface area (Å²) in [6.45, 7) is 4.47. The van der Waals surface area contributed by atoms with Crippen LogP contribution in [-0.2, 0) is 12.8 Å². The van der Waals surface area contributed by atoms with Gasteiger partial charge in [0.1, 0.15) is 5.01 Å². The molecule has 0 radical (unpaired) electrons. The van der Waals surface area contributed by atoms with Gasteiger partial charge in [-0.15, -0.1) is 11.3 Å². The van der Waals surface area contributed by atoms with E-state index in [4.69, 9.17) is 4.98 Å². The number of hydrogen-bond acceptors (Lipinski definition) is 4. The van der Waals surface area contributed by atoms with E-state index in [1.165, 1.54) is 34.8 Å². The molecule has 1 aliphatic rings. The van der Waals surface area contributed by atoms with E-state index in [1.54, 1.807) is 0 Å². The summed E-state index contributed by atoms with van der Waals surface area (Å²) in [5, 5.41) is 4.89. The van der Waals surface area contributed by atoms with Crippen molar-refractivity contribution in [3.8, 4) is 0 Å². The summed E-state index contributed by atoms with van der Waals surface area (Å²) in [4.78, 5) is 6.28. The molecule has 0 aliphatic heterocycles. The molecule has 2 rings (SSSR count). The predicted molar refractivity (Wildman–Crippen MR) is 73.5 cm³/mol. The molecule has 0 bridgehead atoms. The summed E-state index contributed by atoms with van der Waals surface area (Å²) in [6, 6.07) is 0.960. The highest BCUT2D eigenvalue weighted by Gasteiger charge is 2.20. The lowest BCUT2D eigenvalue weighted by Crippen LogP contribution is -2.30. The molecule has 16 heavy (non-hydrogen) atoms. The molecule has 2 atom stereocenters. The molecule has 2 nitrogen and oxygen atoms in total. The molecule has 1 N–H and O–H groups in total. The third kappa shape index (κ3) is 2.79. The van der Waals surface area contributed by atoms with Crippen molar-refractivity contribution in [1.29, 1.82) is 0 Å². The molecule has 1 aromatic heterocycles. The summed E-state index contributed by atoms with van der Waals surface area (Å²) < 4.78 is 0. The maximum Gasteiger partial charge on any atom is 0.110 e. The molecule has 0 fully saturated rings. The fraction of sp³-hybridized carbons (Fsp3) is 0.750. The normalized spacial score (nSPS) is 18.4. The number of aromatic nitrogens is 1. The quantitative estimate of drug-likeness (QED) is 0.876. The zero-order valence-corrected chi connectivity index (χ0v) is 11.9. The van der Waals surface area contributed by atoms with Gasteiger partial charge in [0.25, 0.3) is 0 Å². The fourth-order valence-electron chi connectivity index (χ4n) is 2.19. The van der Waals surface area contributed by atoms with E-state index >= 15 is 0 Å². The third-order valence-corrected chi connectivity index (χ3v) is 5.11. The van der Waals surface area contributed by atoms with Crippen molar-refractivity contribution in [2.45, 2.75) is 45.2 Å². The van der Waals surface area contributed by atoms with E-state index in [0.29, 0.717) is 12.1 Å². The van der Waals surface area contributed by atoms with E-state index in [1.807, 2.05) is 23.1 Å². The van der Waals surface area contributed by atoms with Crippen LogP contribution in [0.1, 0.15) is 41.9 Å². The first-order valence-corrected chi connectivity index (χ1v) is 8.15. The molecular formula is C12H20N2S2. The molecule has 2 unspecified atom stereocenters. The second-order valence-corrected chi connectivity index (χ2v) is 6.55. The number of thiazole rings is 1. The third-order valence-electron chi connectivity index (χ3n) is 2.93. The maximum atomic E-state index is 4.75. The first-order chi connectivity index (χ1) is 7.70. The van der Waals surface area contributed by atoms with Crippen molar-refractivity contribution in [3.63, 3.8) is 0 Å². The number of rotatable bonds is 5. The van der Waals surface area contributed by atoms with Crippen molar-refractivity contribution in [3.05, 3.63) is 15.6 Å². The molecule has 0 aromatic carbocycles. The largest absolute Gasteiger partial charge is 0.305 e. The minimum Gasteiger partial charge on any atom is -0.305 e. The Bertz CT molecular complexity index is 327. The van der Waals surface area contributed by atoms with Gasteiger partial charge in [-0.05, 0) is 39.4 Å². The van der Waals surface area contributed by atoms with Crippen LogP contribution in [0.2, 0.25) is 0 Å². The number of nitrogens with one attached hydrogen (secondary N) is 1. The van der Waals surface area contributed by atoms with Gasteiger partial charge in [-0.25, -0.2) is 4.98 Å². The zero-order valence-electron chi connectivity index (χ0n) is 10.2. The van der Waals surface area contributed by atoms with Crippen LogP contribution in [0, 0.1) is 0 Å². The van der Waals surface area contributed by atoms with E-state index < -0.39 is 0 Å². The van der Waals surface area contributed by atoms with Crippen LogP contribution in [0.5, 0.6) is 0 Å². The molecular weight excluding hydrogens is 236 g/mol. The highest BCUT2D eigenvalue weighted by molar-refractivity contribution is 7.98. The van der Waals surface area contributed by atoms with Gasteiger partial charge in [-0.1, -0.05) is 0 Å². The number of aryl methyl sites for hydroxylation is 2. The van der Waals surface area contributed by atoms with Gasteiger partial charge in [0.2, 0.25) is 0 Å². The Morgan fingerprint density at radius 1 is 1.44 bits per heavy atom. The van der Waals surface area contributed by atoms with Gasteiger partial charge in [0.15, 0.2) is 0 Å². The minimum atomic E-state index is 0.401. The lowest BCUT2D eigenvalue weighted by atomic mass is 10.3. The van der Waals surface area contributed by atoms with E-state index in [-0.39, 0.29) is 0 Å². The first kappa shape index (κ1) is 12.4. The maximum absolute atomic E-state index is 4.75. The summed E-state index contributed by atoms with van der Waals surface area (Å²) in [6.07, 6.45) is 5.90. The zero-order chi connectivity index (χ0) is 11.5. The lowest BCUT2D eigenvalue weighted by Gasteiger charge is -2.17. The van der Waals surface area contributed by atoms with E-state index in [9.17, 15) is 0 Å². The minimum absolute atomic E-state index is 0.401. The van der Waals surface area contributed by atoms with Gasteiger partial charge in [0, 0.05) is 16.7 Å². The van der Waals surface area contributed by atoms with Gasteiger partial charge >= 0.3 is 0 Å². The first-order valence-electron chi connectivity index (χ1n) is 5.94. The Morgan fingerprint density at radius 3 is 2.94 bits per heavy atom. The number of nitrogens with zero attached hydrogens (tertiary/aromatic N) is 1. The van der Waals surface area contributed by atoms with Crippen molar-refractivity contribution < 1.29 is 0 Å². The van der Waals surface area contributed by atoms with Crippen LogP contribution in [-0.4, -0.2) is 23.0 Å². The van der Waals surface area contributed by atoms with Gasteiger partial charge in [0.05, 0.1) is 11.7 Å². The summed E-state index contributed by atoms with van der Waals surface area (Å²) in [7, 11) is 0. The molecule has 0 amide bonds. The van der Waals surface area contributed by atoms with Gasteiger partial charge in [-0.3, -0.25) is 0 Å². The molecule has 1 aromatic rings. The number of fused-ring (bicyclic) bond motifs is 1. The van der Waals surface area contributed by atoms with Crippen LogP contribution < -0.4 is 5.32 Å². The molecule has 1 heterocycles. The smallest absolute Gasteiger partial charge is 0.110 e. The second-order valence-electron chi connectivity index (χ2n) is 4.52. The summed E-state index contributed by atoms with van der Waals surface area (Å²) >= 11 is 3.80. The number of thioether (sulfide) groups is 1. The van der Waals surface area contributed by atoms with Crippen LogP contribution in [0.25, 0.3) is 0 Å². The summed E-state index contributed by atoms with van der Waals surface area (Å²) in [5.74, 6) is 1.16. The predicted octanol–water partition coefficient (Wildman–Crippen LogP) is 3.03. The SMILES string of the molecule is CSCC(C)NC(C)c1nc2c(s1)CCC2. The fourth-order valence-corrected chi connectivity index (χ4v) is 3.95. The van der Waals surface area contributed by atoms with Crippen molar-refractivity contribution in [2.75, 3.05) is 12.0 Å². The van der Waals surface area contributed by atoms with Crippen LogP contribution in [0.15, 0.2) is 0 Å². The lowest BCUT2D eigenvalue weighted by molar-refractivity contribution is 0.509. The Kier molecular flexibility index (Phi) is 4.27. The van der Waals surface area contributed by atoms with Crippen molar-refractivity contribution in [1.82, 2.24) is 10.3 Å². The van der Waals surface area contributed by atoms with Crippen molar-refractivity contribution >= 4 is 23.1 Å². The van der Waals surface area contributed by atoms with Crippen LogP contribution in [0.3, 0.4) is 0 Å². The van der Waals surface area contributed by atoms with Gasteiger partial charge in [-0.2, -0.15) is 11.8 Å². The summed E-state index contributed by atoms with van der Waals surface area (Å²) in [5.41, 5.74) is 1.37. The van der Waals surface area contributed by atoms with Crippen molar-refractivity contribution in [2.24, 2.45) is 0 Å². The van der Waals surface area contributed by atoms with E-state index in [2.05, 4.69) is 25.4 Å². The van der Waals surface area contributed by atoms with E-state index in [0.717, 1.165) is 5.75 Å². The highest BCUT2D eigenvalue weighted by Crippen LogP contribution is 2.30. The average molecular weight is 256 g/mol. The number of hydrogen-bond donors (Lipinski definition) is 1. The molecule has 0 spiro atoms. The molecule has 1 aliphatic carbocycles. The van der Waals surface area contributed by atoms with Crippen LogP contribution in [0.4, 0.5) is 0 Å². The second kappa shape index (κ2) is 5.52. The molecule has 90 valence electrons. The Labute approximate surface area is 106 Å². The Morgan fingerprint density at radius 2 is 2.25 bits per heavy atom. The monoisotopic (exact) mass is 256 g/mol. The van der Waals surface area contributed by atoms with Crippen LogP contribution >= 0.6 is 23.1 Å². The highest BCUT2D eigenvalue weighted by atomic mass is 32.2. The standard InChI is InChI=1S/C12H20N2S2/c1-8(7-15-3)13-9(2)12-14-10-5-4-6-11(10)16-12/h8-9,13H,4-7H2,1-3H3. The molecule has 0 saturated heterocycles. The average Bonchev–Trinajstić information content (AvgIpc) is 2.76. The Balaban J connectivity index is 1.95. The molecule has 0 saturated carbocycles.